The molecule has 1 unspecified atom stereocenters. The van der Waals surface area contributed by atoms with Crippen molar-refractivity contribution in [1.82, 2.24) is 10.2 Å². The predicted molar refractivity (Wildman–Crippen MR) is 67.2 cm³/mol. The summed E-state index contributed by atoms with van der Waals surface area (Å²) in [6.07, 6.45) is 4.03. The summed E-state index contributed by atoms with van der Waals surface area (Å²) >= 11 is 0. The van der Waals surface area contributed by atoms with E-state index < -0.39 is 0 Å². The van der Waals surface area contributed by atoms with Crippen LogP contribution in [0.5, 0.6) is 0 Å². The molecule has 1 rings (SSSR count). The summed E-state index contributed by atoms with van der Waals surface area (Å²) in [4.78, 5) is 2.69. The highest BCUT2D eigenvalue weighted by Crippen LogP contribution is 2.29. The highest BCUT2D eigenvalue weighted by Gasteiger charge is 2.29. The van der Waals surface area contributed by atoms with Crippen molar-refractivity contribution in [2.24, 2.45) is 5.41 Å². The van der Waals surface area contributed by atoms with Crippen LogP contribution >= 0.6 is 0 Å². The standard InChI is InChI=1S/C13H28N2/c1-5-12(10-14-6-2)15-9-7-8-13(3,4)11-15/h12,14H,5-11H2,1-4H3. The highest BCUT2D eigenvalue weighted by molar-refractivity contribution is 4.84. The molecule has 2 nitrogen and oxygen atoms in total. The molecule has 0 aromatic rings. The first-order valence-electron chi connectivity index (χ1n) is 6.54. The van der Waals surface area contributed by atoms with Crippen molar-refractivity contribution in [2.75, 3.05) is 26.2 Å². The minimum Gasteiger partial charge on any atom is -0.315 e. The quantitative estimate of drug-likeness (QED) is 0.753. The van der Waals surface area contributed by atoms with Gasteiger partial charge in [-0.3, -0.25) is 4.90 Å². The van der Waals surface area contributed by atoms with Crippen molar-refractivity contribution in [3.05, 3.63) is 0 Å². The van der Waals surface area contributed by atoms with Gasteiger partial charge in [-0.15, -0.1) is 0 Å². The number of nitrogens with one attached hydrogen (secondary N) is 1. The van der Waals surface area contributed by atoms with Crippen molar-refractivity contribution in [2.45, 2.75) is 53.0 Å². The van der Waals surface area contributed by atoms with Crippen molar-refractivity contribution < 1.29 is 0 Å². The second kappa shape index (κ2) is 5.86. The first-order valence-corrected chi connectivity index (χ1v) is 6.54. The van der Waals surface area contributed by atoms with Gasteiger partial charge in [0.1, 0.15) is 0 Å². The lowest BCUT2D eigenvalue weighted by Crippen LogP contribution is -2.49. The Labute approximate surface area is 95.4 Å². The number of hydrogen-bond acceptors (Lipinski definition) is 2. The van der Waals surface area contributed by atoms with Crippen LogP contribution in [-0.4, -0.2) is 37.1 Å². The van der Waals surface area contributed by atoms with Crippen LogP contribution in [0.2, 0.25) is 0 Å². The van der Waals surface area contributed by atoms with Gasteiger partial charge >= 0.3 is 0 Å². The molecular weight excluding hydrogens is 184 g/mol. The molecule has 0 bridgehead atoms. The average molecular weight is 212 g/mol. The number of hydrogen-bond donors (Lipinski definition) is 1. The van der Waals surface area contributed by atoms with Crippen LogP contribution in [0.15, 0.2) is 0 Å². The van der Waals surface area contributed by atoms with E-state index in [-0.39, 0.29) is 0 Å². The number of piperidine rings is 1. The van der Waals surface area contributed by atoms with Crippen molar-refractivity contribution in [3.8, 4) is 0 Å². The normalized spacial score (nSPS) is 24.0. The molecule has 0 spiro atoms. The van der Waals surface area contributed by atoms with Crippen molar-refractivity contribution >= 4 is 0 Å². The Bertz CT molecular complexity index is 177. The molecule has 90 valence electrons. The molecule has 0 saturated carbocycles. The zero-order valence-corrected chi connectivity index (χ0v) is 11.0. The topological polar surface area (TPSA) is 15.3 Å². The van der Waals surface area contributed by atoms with Gasteiger partial charge < -0.3 is 5.32 Å². The van der Waals surface area contributed by atoms with Crippen LogP contribution in [0.3, 0.4) is 0 Å². The van der Waals surface area contributed by atoms with Crippen LogP contribution in [0.25, 0.3) is 0 Å². The maximum Gasteiger partial charge on any atom is 0.0218 e. The highest BCUT2D eigenvalue weighted by atomic mass is 15.2. The van der Waals surface area contributed by atoms with Gasteiger partial charge in [0.2, 0.25) is 0 Å². The molecule has 1 heterocycles. The summed E-state index contributed by atoms with van der Waals surface area (Å²) in [6.45, 7) is 14.1. The van der Waals surface area contributed by atoms with Crippen molar-refractivity contribution in [1.29, 1.82) is 0 Å². The second-order valence-corrected chi connectivity index (χ2v) is 5.61. The van der Waals surface area contributed by atoms with Crippen LogP contribution in [0.1, 0.15) is 47.0 Å². The van der Waals surface area contributed by atoms with Gasteiger partial charge in [0.25, 0.3) is 0 Å². The molecule has 1 aliphatic heterocycles. The predicted octanol–water partition coefficient (Wildman–Crippen LogP) is 2.50. The van der Waals surface area contributed by atoms with E-state index in [1.54, 1.807) is 0 Å². The van der Waals surface area contributed by atoms with Crippen LogP contribution < -0.4 is 5.32 Å². The van der Waals surface area contributed by atoms with Gasteiger partial charge in [0.05, 0.1) is 0 Å². The van der Waals surface area contributed by atoms with Gasteiger partial charge in [0.15, 0.2) is 0 Å². The van der Waals surface area contributed by atoms with Gasteiger partial charge in [-0.2, -0.15) is 0 Å². The average Bonchev–Trinajstić information content (AvgIpc) is 2.17. The van der Waals surface area contributed by atoms with Gasteiger partial charge in [-0.1, -0.05) is 27.7 Å². The molecule has 0 amide bonds. The minimum absolute atomic E-state index is 0.526. The molecule has 1 N–H and O–H groups in total. The molecule has 1 fully saturated rings. The second-order valence-electron chi connectivity index (χ2n) is 5.61. The van der Waals surface area contributed by atoms with E-state index in [1.807, 2.05) is 0 Å². The summed E-state index contributed by atoms with van der Waals surface area (Å²) < 4.78 is 0. The Morgan fingerprint density at radius 3 is 2.60 bits per heavy atom. The zero-order valence-electron chi connectivity index (χ0n) is 11.0. The minimum atomic E-state index is 0.526. The molecule has 0 radical (unpaired) electrons. The Balaban J connectivity index is 2.44. The third kappa shape index (κ3) is 4.12. The lowest BCUT2D eigenvalue weighted by atomic mass is 9.83. The SMILES string of the molecule is CCNCC(CC)N1CCCC(C)(C)C1. The van der Waals surface area contributed by atoms with Crippen LogP contribution in [0, 0.1) is 5.41 Å². The molecule has 1 atom stereocenters. The van der Waals surface area contributed by atoms with E-state index in [9.17, 15) is 0 Å². The Hall–Kier alpha value is -0.0800. The number of nitrogens with zero attached hydrogens (tertiary/aromatic N) is 1. The largest absolute Gasteiger partial charge is 0.315 e. The number of likely N-dealkylation sites (N-methyl/N-ethyl adjacent to an activating group) is 1. The van der Waals surface area contributed by atoms with Crippen molar-refractivity contribution in [3.63, 3.8) is 0 Å². The first-order chi connectivity index (χ1) is 7.09. The molecule has 0 aliphatic carbocycles. The van der Waals surface area contributed by atoms with Crippen LogP contribution in [0.4, 0.5) is 0 Å². The van der Waals surface area contributed by atoms with E-state index in [1.165, 1.54) is 32.4 Å². The van der Waals surface area contributed by atoms with E-state index >= 15 is 0 Å². The lowest BCUT2D eigenvalue weighted by Gasteiger charge is -2.42. The van der Waals surface area contributed by atoms with Gasteiger partial charge in [0, 0.05) is 19.1 Å². The fraction of sp³-hybridized carbons (Fsp3) is 1.00. The summed E-state index contributed by atoms with van der Waals surface area (Å²) in [7, 11) is 0. The summed E-state index contributed by atoms with van der Waals surface area (Å²) in [5, 5.41) is 3.48. The summed E-state index contributed by atoms with van der Waals surface area (Å²) in [5.74, 6) is 0. The van der Waals surface area contributed by atoms with E-state index in [0.29, 0.717) is 5.41 Å². The first kappa shape index (κ1) is 13.0. The van der Waals surface area contributed by atoms with Gasteiger partial charge in [-0.05, 0) is 37.8 Å². The number of likely N-dealkylation sites (tertiary alicyclic amines) is 1. The van der Waals surface area contributed by atoms with E-state index in [2.05, 4.69) is 37.9 Å². The maximum absolute atomic E-state index is 3.48. The maximum atomic E-state index is 3.48. The Morgan fingerprint density at radius 1 is 1.33 bits per heavy atom. The fourth-order valence-corrected chi connectivity index (χ4v) is 2.62. The lowest BCUT2D eigenvalue weighted by molar-refractivity contribution is 0.0759. The number of rotatable bonds is 5. The van der Waals surface area contributed by atoms with E-state index in [0.717, 1.165) is 19.1 Å². The van der Waals surface area contributed by atoms with E-state index in [4.69, 9.17) is 0 Å². The summed E-state index contributed by atoms with van der Waals surface area (Å²) in [5.41, 5.74) is 0.526. The molecule has 15 heavy (non-hydrogen) atoms. The Kier molecular flexibility index (Phi) is 5.07. The molecule has 0 aromatic heterocycles. The van der Waals surface area contributed by atoms with Crippen LogP contribution in [-0.2, 0) is 0 Å². The molecule has 0 aromatic carbocycles. The molecule has 1 saturated heterocycles. The molecular formula is C13H28N2. The zero-order chi connectivity index (χ0) is 11.3. The molecule has 2 heteroatoms. The third-order valence-corrected chi connectivity index (χ3v) is 3.55. The van der Waals surface area contributed by atoms with Gasteiger partial charge in [-0.25, -0.2) is 0 Å². The Morgan fingerprint density at radius 2 is 2.07 bits per heavy atom. The molecule has 1 aliphatic rings. The summed E-state index contributed by atoms with van der Waals surface area (Å²) in [6, 6.07) is 0.740. The fourth-order valence-electron chi connectivity index (χ4n) is 2.62. The monoisotopic (exact) mass is 212 g/mol. The third-order valence-electron chi connectivity index (χ3n) is 3.55. The smallest absolute Gasteiger partial charge is 0.0218 e.